The van der Waals surface area contributed by atoms with Gasteiger partial charge in [-0.1, -0.05) is 12.1 Å². The molecule has 4 heterocycles. The van der Waals surface area contributed by atoms with Crippen LogP contribution in [0.2, 0.25) is 0 Å². The fraction of sp³-hybridized carbons (Fsp3) is 0.222. The van der Waals surface area contributed by atoms with Gasteiger partial charge < -0.3 is 9.88 Å². The Hall–Kier alpha value is -4.02. The molecule has 7 heteroatoms. The molecule has 1 aliphatic rings. The molecule has 0 radical (unpaired) electrons. The summed E-state index contributed by atoms with van der Waals surface area (Å²) in [6.45, 7) is 2.99. The molecule has 1 saturated heterocycles. The number of benzene rings is 2. The third kappa shape index (κ3) is 3.44. The lowest BCUT2D eigenvalue weighted by Crippen LogP contribution is -2.14. The molecule has 0 aliphatic carbocycles. The van der Waals surface area contributed by atoms with Gasteiger partial charge in [-0.15, -0.1) is 0 Å². The number of nitriles is 1. The van der Waals surface area contributed by atoms with Crippen molar-refractivity contribution in [1.82, 2.24) is 24.6 Å². The smallest absolute Gasteiger partial charge is 0.141 e. The van der Waals surface area contributed by atoms with Crippen molar-refractivity contribution in [2.75, 3.05) is 13.1 Å². The van der Waals surface area contributed by atoms with Crippen molar-refractivity contribution >= 4 is 21.8 Å². The van der Waals surface area contributed by atoms with Gasteiger partial charge in [0.05, 0.1) is 28.5 Å². The molecular formula is C27H23FN6. The van der Waals surface area contributed by atoms with Crippen molar-refractivity contribution in [3.05, 3.63) is 72.4 Å². The van der Waals surface area contributed by atoms with E-state index in [1.807, 2.05) is 43.7 Å². The van der Waals surface area contributed by atoms with Crippen molar-refractivity contribution in [2.24, 2.45) is 13.0 Å². The third-order valence-corrected chi connectivity index (χ3v) is 6.72. The molecule has 34 heavy (non-hydrogen) atoms. The molecule has 3 aromatic heterocycles. The maximum absolute atomic E-state index is 14.7. The second-order valence-electron chi connectivity index (χ2n) is 8.99. The van der Waals surface area contributed by atoms with Crippen molar-refractivity contribution < 1.29 is 4.39 Å². The van der Waals surface area contributed by atoms with Crippen molar-refractivity contribution in [2.45, 2.75) is 13.0 Å². The van der Waals surface area contributed by atoms with Crippen LogP contribution in [0.5, 0.6) is 0 Å². The molecule has 0 bridgehead atoms. The number of pyridine rings is 1. The molecule has 0 amide bonds. The summed E-state index contributed by atoms with van der Waals surface area (Å²) in [5, 5.41) is 19.1. The fourth-order valence-electron chi connectivity index (χ4n) is 5.03. The SMILES string of the molecule is Cn1cc2cc(-c3ncc4c(ccn4C[C@H]4CCNC4)c3-c3ccc(C#N)c(F)c3)ccc2n1. The monoisotopic (exact) mass is 450 g/mol. The van der Waals surface area contributed by atoms with Gasteiger partial charge in [0.2, 0.25) is 0 Å². The van der Waals surface area contributed by atoms with Gasteiger partial charge in [0, 0.05) is 47.9 Å². The summed E-state index contributed by atoms with van der Waals surface area (Å²) < 4.78 is 18.7. The quantitative estimate of drug-likeness (QED) is 0.424. The average molecular weight is 451 g/mol. The molecule has 5 aromatic rings. The van der Waals surface area contributed by atoms with E-state index in [-0.39, 0.29) is 5.56 Å². The van der Waals surface area contributed by atoms with Crippen LogP contribution in [0.25, 0.3) is 44.2 Å². The fourth-order valence-corrected chi connectivity index (χ4v) is 5.03. The van der Waals surface area contributed by atoms with Gasteiger partial charge in [0.15, 0.2) is 0 Å². The summed E-state index contributed by atoms with van der Waals surface area (Å²) in [5.41, 5.74) is 5.27. The highest BCUT2D eigenvalue weighted by Crippen LogP contribution is 2.38. The van der Waals surface area contributed by atoms with E-state index in [0.717, 1.165) is 64.7 Å². The second kappa shape index (κ2) is 8.08. The number of halogens is 1. The first kappa shape index (κ1) is 20.6. The number of aromatic nitrogens is 4. The van der Waals surface area contributed by atoms with Crippen LogP contribution in [-0.4, -0.2) is 32.4 Å². The molecule has 168 valence electrons. The number of rotatable bonds is 4. The molecule has 1 N–H and O–H groups in total. The summed E-state index contributed by atoms with van der Waals surface area (Å²) in [7, 11) is 1.90. The van der Waals surface area contributed by atoms with E-state index in [1.165, 1.54) is 6.07 Å². The predicted molar refractivity (Wildman–Crippen MR) is 131 cm³/mol. The normalized spacial score (nSPS) is 15.9. The minimum atomic E-state index is -0.526. The number of hydrogen-bond acceptors (Lipinski definition) is 4. The Morgan fingerprint density at radius 2 is 2.06 bits per heavy atom. The minimum Gasteiger partial charge on any atom is -0.346 e. The highest BCUT2D eigenvalue weighted by molar-refractivity contribution is 6.02. The molecule has 6 nitrogen and oxygen atoms in total. The van der Waals surface area contributed by atoms with Gasteiger partial charge in [0.1, 0.15) is 11.9 Å². The maximum atomic E-state index is 14.7. The Bertz CT molecular complexity index is 1580. The first-order valence-electron chi connectivity index (χ1n) is 11.4. The highest BCUT2D eigenvalue weighted by atomic mass is 19.1. The Labute approximate surface area is 196 Å². The van der Waals surface area contributed by atoms with Crippen LogP contribution in [0.1, 0.15) is 12.0 Å². The van der Waals surface area contributed by atoms with E-state index in [1.54, 1.807) is 10.7 Å². The van der Waals surface area contributed by atoms with E-state index in [9.17, 15) is 9.65 Å². The standard InChI is InChI=1S/C27H23FN6/c1-33-16-21-10-19(4-5-24(21)32-33)27-26(18-2-3-20(12-29)23(28)11-18)22-7-9-34(25(22)14-31-27)15-17-6-8-30-13-17/h2-5,7,9-11,14,16-17,30H,6,8,13,15H2,1H3/t17-/m0/s1. The third-order valence-electron chi connectivity index (χ3n) is 6.72. The van der Waals surface area contributed by atoms with Crippen molar-refractivity contribution in [3.63, 3.8) is 0 Å². The van der Waals surface area contributed by atoms with Gasteiger partial charge in [-0.05, 0) is 61.3 Å². The average Bonchev–Trinajstić information content (AvgIpc) is 3.58. The Kier molecular flexibility index (Phi) is 4.89. The Morgan fingerprint density at radius 1 is 1.18 bits per heavy atom. The van der Waals surface area contributed by atoms with Crippen LogP contribution in [0.3, 0.4) is 0 Å². The molecule has 1 aliphatic heterocycles. The van der Waals surface area contributed by atoms with E-state index < -0.39 is 5.82 Å². The number of nitrogens with one attached hydrogen (secondary N) is 1. The van der Waals surface area contributed by atoms with Gasteiger partial charge in [-0.2, -0.15) is 10.4 Å². The van der Waals surface area contributed by atoms with Gasteiger partial charge in [0.25, 0.3) is 0 Å². The summed E-state index contributed by atoms with van der Waals surface area (Å²) >= 11 is 0. The topological polar surface area (TPSA) is 71.5 Å². The van der Waals surface area contributed by atoms with Gasteiger partial charge in [-0.25, -0.2) is 4.39 Å². The number of aryl methyl sites for hydroxylation is 1. The van der Waals surface area contributed by atoms with Crippen molar-refractivity contribution in [3.8, 4) is 28.5 Å². The van der Waals surface area contributed by atoms with Crippen LogP contribution in [-0.2, 0) is 13.6 Å². The van der Waals surface area contributed by atoms with E-state index in [4.69, 9.17) is 4.98 Å². The second-order valence-corrected chi connectivity index (χ2v) is 8.99. The Morgan fingerprint density at radius 3 is 2.85 bits per heavy atom. The zero-order valence-electron chi connectivity index (χ0n) is 18.8. The van der Waals surface area contributed by atoms with Crippen LogP contribution in [0, 0.1) is 23.1 Å². The van der Waals surface area contributed by atoms with E-state index in [2.05, 4.69) is 33.3 Å². The maximum Gasteiger partial charge on any atom is 0.141 e. The van der Waals surface area contributed by atoms with Crippen LogP contribution in [0.15, 0.2) is 61.1 Å². The zero-order valence-corrected chi connectivity index (χ0v) is 18.8. The molecule has 2 aromatic carbocycles. The van der Waals surface area contributed by atoms with Crippen LogP contribution < -0.4 is 5.32 Å². The number of hydrogen-bond donors (Lipinski definition) is 1. The van der Waals surface area contributed by atoms with Crippen molar-refractivity contribution in [1.29, 1.82) is 5.26 Å². The predicted octanol–water partition coefficient (Wildman–Crippen LogP) is 4.88. The molecule has 0 saturated carbocycles. The van der Waals surface area contributed by atoms with Gasteiger partial charge >= 0.3 is 0 Å². The summed E-state index contributed by atoms with van der Waals surface area (Å²) in [4.78, 5) is 4.90. The van der Waals surface area contributed by atoms with Gasteiger partial charge in [-0.3, -0.25) is 9.67 Å². The lowest BCUT2D eigenvalue weighted by atomic mass is 9.95. The van der Waals surface area contributed by atoms with E-state index >= 15 is 0 Å². The first-order chi connectivity index (χ1) is 16.6. The lowest BCUT2D eigenvalue weighted by Gasteiger charge is -2.14. The molecule has 0 spiro atoms. The first-order valence-corrected chi connectivity index (χ1v) is 11.4. The molecule has 6 rings (SSSR count). The zero-order chi connectivity index (χ0) is 23.2. The molecule has 1 fully saturated rings. The summed E-state index contributed by atoms with van der Waals surface area (Å²) in [6.07, 6.45) is 7.15. The number of nitrogens with zero attached hydrogens (tertiary/aromatic N) is 5. The minimum absolute atomic E-state index is 0.0357. The van der Waals surface area contributed by atoms with Crippen LogP contribution in [0.4, 0.5) is 4.39 Å². The van der Waals surface area contributed by atoms with E-state index in [0.29, 0.717) is 11.5 Å². The molecule has 0 unspecified atom stereocenters. The number of fused-ring (bicyclic) bond motifs is 2. The van der Waals surface area contributed by atoms with Crippen LogP contribution >= 0.6 is 0 Å². The lowest BCUT2D eigenvalue weighted by molar-refractivity contribution is 0.491. The summed E-state index contributed by atoms with van der Waals surface area (Å²) in [5.74, 6) is 0.0567. The summed E-state index contributed by atoms with van der Waals surface area (Å²) in [6, 6.07) is 14.9. The Balaban J connectivity index is 1.56. The molecular weight excluding hydrogens is 427 g/mol. The highest BCUT2D eigenvalue weighted by Gasteiger charge is 2.20. The molecule has 1 atom stereocenters. The largest absolute Gasteiger partial charge is 0.346 e.